The fourth-order valence-corrected chi connectivity index (χ4v) is 0.822. The molecule has 0 spiro atoms. The Morgan fingerprint density at radius 2 is 2.45 bits per heavy atom. The summed E-state index contributed by atoms with van der Waals surface area (Å²) >= 11 is 0. The molecule has 0 fully saturated rings. The van der Waals surface area contributed by atoms with Crippen molar-refractivity contribution in [2.24, 2.45) is 0 Å². The van der Waals surface area contributed by atoms with Crippen LogP contribution in [0, 0.1) is 0 Å². The maximum Gasteiger partial charge on any atom is 0.310 e. The van der Waals surface area contributed by atoms with Gasteiger partial charge in [-0.05, 0) is 13.0 Å². The number of furan rings is 1. The average molecular weight is 155 g/mol. The Bertz CT molecular complexity index is 266. The molecule has 1 unspecified atom stereocenters. The summed E-state index contributed by atoms with van der Waals surface area (Å²) in [5, 5.41) is 8.58. The Hall–Kier alpha value is -1.45. The zero-order valence-corrected chi connectivity index (χ0v) is 6.07. The third-order valence-electron chi connectivity index (χ3n) is 1.56. The van der Waals surface area contributed by atoms with Crippen LogP contribution < -0.4 is 5.73 Å². The van der Waals surface area contributed by atoms with Crippen LogP contribution in [0.25, 0.3) is 0 Å². The molecule has 60 valence electrons. The molecule has 0 aromatic carbocycles. The van der Waals surface area contributed by atoms with Crippen LogP contribution in [0.3, 0.4) is 0 Å². The van der Waals surface area contributed by atoms with Gasteiger partial charge >= 0.3 is 5.97 Å². The smallest absolute Gasteiger partial charge is 0.310 e. The van der Waals surface area contributed by atoms with E-state index in [1.165, 1.54) is 6.26 Å². The van der Waals surface area contributed by atoms with Gasteiger partial charge in [0.25, 0.3) is 0 Å². The summed E-state index contributed by atoms with van der Waals surface area (Å²) in [6, 6.07) is 1.56. The first-order valence-electron chi connectivity index (χ1n) is 3.18. The Labute approximate surface area is 63.6 Å². The zero-order valence-electron chi connectivity index (χ0n) is 6.07. The molecule has 0 bridgehead atoms. The molecule has 1 heterocycles. The first-order valence-corrected chi connectivity index (χ1v) is 3.18. The van der Waals surface area contributed by atoms with Crippen molar-refractivity contribution in [3.05, 3.63) is 17.9 Å². The van der Waals surface area contributed by atoms with Crippen molar-refractivity contribution in [3.8, 4) is 0 Å². The molecule has 4 nitrogen and oxygen atoms in total. The molecule has 1 atom stereocenters. The maximum atomic E-state index is 10.5. The highest BCUT2D eigenvalue weighted by molar-refractivity contribution is 5.77. The summed E-state index contributed by atoms with van der Waals surface area (Å²) in [6.07, 6.45) is 1.38. The van der Waals surface area contributed by atoms with Crippen LogP contribution in [-0.4, -0.2) is 11.1 Å². The molecule has 0 aliphatic rings. The summed E-state index contributed by atoms with van der Waals surface area (Å²) in [4.78, 5) is 10.5. The summed E-state index contributed by atoms with van der Waals surface area (Å²) in [7, 11) is 0. The number of carbonyl (C=O) groups is 1. The summed E-state index contributed by atoms with van der Waals surface area (Å²) in [5.74, 6) is -1.33. The van der Waals surface area contributed by atoms with Crippen LogP contribution in [-0.2, 0) is 4.79 Å². The van der Waals surface area contributed by atoms with E-state index in [2.05, 4.69) is 0 Å². The second-order valence-electron chi connectivity index (χ2n) is 2.30. The van der Waals surface area contributed by atoms with Crippen molar-refractivity contribution in [1.82, 2.24) is 0 Å². The van der Waals surface area contributed by atoms with E-state index in [1.807, 2.05) is 0 Å². The van der Waals surface area contributed by atoms with Crippen LogP contribution in [0.1, 0.15) is 18.4 Å². The van der Waals surface area contributed by atoms with Gasteiger partial charge in [-0.25, -0.2) is 0 Å². The minimum Gasteiger partial charge on any atom is -0.481 e. The molecular weight excluding hydrogens is 146 g/mol. The normalized spacial score (nSPS) is 12.8. The van der Waals surface area contributed by atoms with Crippen LogP contribution >= 0.6 is 0 Å². The van der Waals surface area contributed by atoms with E-state index in [1.54, 1.807) is 13.0 Å². The fraction of sp³-hybridized carbons (Fsp3) is 0.286. The molecule has 1 rings (SSSR count). The molecule has 0 aliphatic carbocycles. The molecule has 0 amide bonds. The van der Waals surface area contributed by atoms with E-state index < -0.39 is 11.9 Å². The van der Waals surface area contributed by atoms with Gasteiger partial charge in [-0.1, -0.05) is 0 Å². The largest absolute Gasteiger partial charge is 0.481 e. The predicted molar refractivity (Wildman–Crippen MR) is 39.2 cm³/mol. The number of carboxylic acids is 1. The fourth-order valence-electron chi connectivity index (χ4n) is 0.822. The molecule has 0 radical (unpaired) electrons. The maximum absolute atomic E-state index is 10.5. The highest BCUT2D eigenvalue weighted by Crippen LogP contribution is 2.22. The lowest BCUT2D eigenvalue weighted by atomic mass is 10.0. The Kier molecular flexibility index (Phi) is 1.85. The summed E-state index contributed by atoms with van der Waals surface area (Å²) in [6.45, 7) is 1.56. The van der Waals surface area contributed by atoms with Gasteiger partial charge in [0.05, 0.1) is 12.2 Å². The van der Waals surface area contributed by atoms with Crippen LogP contribution in [0.2, 0.25) is 0 Å². The molecule has 3 N–H and O–H groups in total. The van der Waals surface area contributed by atoms with Crippen molar-refractivity contribution in [1.29, 1.82) is 0 Å². The SMILES string of the molecule is CC(C(=O)O)c1ccoc1N. The Morgan fingerprint density at radius 3 is 2.82 bits per heavy atom. The molecule has 0 saturated carbocycles. The molecular formula is C7H9NO3. The second-order valence-corrected chi connectivity index (χ2v) is 2.30. The number of anilines is 1. The standard InChI is InChI=1S/C7H9NO3/c1-4(7(9)10)5-2-3-11-6(5)8/h2-4H,8H2,1H3,(H,9,10). The van der Waals surface area contributed by atoms with E-state index in [0.29, 0.717) is 5.56 Å². The third kappa shape index (κ3) is 1.34. The van der Waals surface area contributed by atoms with E-state index in [0.717, 1.165) is 0 Å². The molecule has 1 aromatic heterocycles. The predicted octanol–water partition coefficient (Wildman–Crippen LogP) is 1.05. The molecule has 0 saturated heterocycles. The monoisotopic (exact) mass is 155 g/mol. The van der Waals surface area contributed by atoms with Crippen molar-refractivity contribution in [3.63, 3.8) is 0 Å². The Morgan fingerprint density at radius 1 is 1.82 bits per heavy atom. The van der Waals surface area contributed by atoms with Crippen molar-refractivity contribution >= 4 is 11.9 Å². The van der Waals surface area contributed by atoms with Gasteiger partial charge in [0.1, 0.15) is 0 Å². The van der Waals surface area contributed by atoms with Gasteiger partial charge in [0.2, 0.25) is 0 Å². The number of hydrogen-bond acceptors (Lipinski definition) is 3. The van der Waals surface area contributed by atoms with Crippen LogP contribution in [0.15, 0.2) is 16.7 Å². The summed E-state index contributed by atoms with van der Waals surface area (Å²) < 4.78 is 4.75. The number of hydrogen-bond donors (Lipinski definition) is 2. The van der Waals surface area contributed by atoms with Crippen LogP contribution in [0.4, 0.5) is 5.88 Å². The van der Waals surface area contributed by atoms with Crippen LogP contribution in [0.5, 0.6) is 0 Å². The molecule has 1 aromatic rings. The van der Waals surface area contributed by atoms with E-state index in [4.69, 9.17) is 15.3 Å². The van der Waals surface area contributed by atoms with E-state index >= 15 is 0 Å². The minimum atomic E-state index is -0.905. The van der Waals surface area contributed by atoms with E-state index in [9.17, 15) is 4.79 Å². The molecule has 4 heteroatoms. The van der Waals surface area contributed by atoms with Crippen molar-refractivity contribution in [2.75, 3.05) is 5.73 Å². The number of nitrogens with two attached hydrogens (primary N) is 1. The lowest BCUT2D eigenvalue weighted by molar-refractivity contribution is -0.138. The highest BCUT2D eigenvalue weighted by atomic mass is 16.4. The number of aliphatic carboxylic acids is 1. The quantitative estimate of drug-likeness (QED) is 0.669. The second kappa shape index (κ2) is 2.65. The average Bonchev–Trinajstić information content (AvgIpc) is 2.33. The number of rotatable bonds is 2. The van der Waals surface area contributed by atoms with Crippen molar-refractivity contribution < 1.29 is 14.3 Å². The van der Waals surface area contributed by atoms with Gasteiger partial charge < -0.3 is 15.3 Å². The van der Waals surface area contributed by atoms with Crippen molar-refractivity contribution in [2.45, 2.75) is 12.8 Å². The number of carboxylic acid groups (broad SMARTS) is 1. The Balaban J connectivity index is 2.92. The lowest BCUT2D eigenvalue weighted by Crippen LogP contribution is -2.07. The molecule has 0 aliphatic heterocycles. The highest BCUT2D eigenvalue weighted by Gasteiger charge is 2.17. The first-order chi connectivity index (χ1) is 5.13. The van der Waals surface area contributed by atoms with Gasteiger partial charge in [0, 0.05) is 5.56 Å². The van der Waals surface area contributed by atoms with Gasteiger partial charge in [0.15, 0.2) is 5.88 Å². The zero-order chi connectivity index (χ0) is 8.43. The van der Waals surface area contributed by atoms with Gasteiger partial charge in [-0.15, -0.1) is 0 Å². The van der Waals surface area contributed by atoms with E-state index in [-0.39, 0.29) is 5.88 Å². The third-order valence-corrected chi connectivity index (χ3v) is 1.56. The summed E-state index contributed by atoms with van der Waals surface area (Å²) in [5.41, 5.74) is 5.87. The first kappa shape index (κ1) is 7.65. The van der Waals surface area contributed by atoms with Gasteiger partial charge in [-0.2, -0.15) is 0 Å². The lowest BCUT2D eigenvalue weighted by Gasteiger charge is -2.02. The molecule has 11 heavy (non-hydrogen) atoms. The number of nitrogen functional groups attached to an aromatic ring is 1. The van der Waals surface area contributed by atoms with Gasteiger partial charge in [-0.3, -0.25) is 4.79 Å². The topological polar surface area (TPSA) is 76.5 Å². The minimum absolute atomic E-state index is 0.180.